The molecule has 0 atom stereocenters. The Kier molecular flexibility index (Phi) is 4.93. The zero-order valence-corrected chi connectivity index (χ0v) is 10.5. The molecule has 0 aliphatic rings. The molecule has 1 aromatic rings. The lowest BCUT2D eigenvalue weighted by molar-refractivity contribution is 0.0866. The summed E-state index contributed by atoms with van der Waals surface area (Å²) in [5.74, 6) is 0. The summed E-state index contributed by atoms with van der Waals surface area (Å²) in [6, 6.07) is 8.47. The molecule has 1 rings (SSSR count). The van der Waals surface area contributed by atoms with Crippen LogP contribution in [0.15, 0.2) is 24.3 Å². The highest BCUT2D eigenvalue weighted by Gasteiger charge is 2.20. The topological polar surface area (TPSA) is 30.5 Å². The molecule has 1 N–H and O–H groups in total. The Bertz CT molecular complexity index is 323. The van der Waals surface area contributed by atoms with Gasteiger partial charge in [-0.3, -0.25) is 0 Å². The number of ether oxygens (including phenoxy) is 1. The Labute approximate surface area is 97.7 Å². The number of benzene rings is 1. The van der Waals surface area contributed by atoms with Crippen molar-refractivity contribution >= 4 is 0 Å². The van der Waals surface area contributed by atoms with E-state index in [1.807, 2.05) is 0 Å². The van der Waals surface area contributed by atoms with Gasteiger partial charge in [0.15, 0.2) is 0 Å². The molecule has 0 saturated carbocycles. The van der Waals surface area contributed by atoms with Gasteiger partial charge in [0.2, 0.25) is 0 Å². The van der Waals surface area contributed by atoms with Crippen molar-refractivity contribution in [3.8, 4) is 0 Å². The van der Waals surface area contributed by atoms with Crippen molar-refractivity contribution in [1.82, 2.24) is 5.48 Å². The van der Waals surface area contributed by atoms with Crippen LogP contribution in [0.25, 0.3) is 0 Å². The SMILES string of the molecule is COCC(C)(C)c1cccc(CNOC)c1. The monoisotopic (exact) mass is 223 g/mol. The van der Waals surface area contributed by atoms with E-state index in [9.17, 15) is 0 Å². The van der Waals surface area contributed by atoms with E-state index in [1.54, 1.807) is 14.2 Å². The minimum Gasteiger partial charge on any atom is -0.384 e. The average Bonchev–Trinajstić information content (AvgIpc) is 2.27. The van der Waals surface area contributed by atoms with Gasteiger partial charge in [-0.05, 0) is 11.1 Å². The summed E-state index contributed by atoms with van der Waals surface area (Å²) in [6.07, 6.45) is 0. The van der Waals surface area contributed by atoms with E-state index in [0.717, 1.165) is 0 Å². The van der Waals surface area contributed by atoms with Gasteiger partial charge in [-0.2, -0.15) is 5.48 Å². The third-order valence-corrected chi connectivity index (χ3v) is 2.63. The molecule has 16 heavy (non-hydrogen) atoms. The maximum absolute atomic E-state index is 5.24. The molecular formula is C13H21NO2. The van der Waals surface area contributed by atoms with Crippen molar-refractivity contribution in [2.24, 2.45) is 0 Å². The van der Waals surface area contributed by atoms with E-state index in [1.165, 1.54) is 11.1 Å². The van der Waals surface area contributed by atoms with Crippen LogP contribution in [0.3, 0.4) is 0 Å². The molecule has 0 amide bonds. The lowest BCUT2D eigenvalue weighted by atomic mass is 9.85. The summed E-state index contributed by atoms with van der Waals surface area (Å²) in [4.78, 5) is 4.84. The minimum atomic E-state index is 0.0395. The fourth-order valence-electron chi connectivity index (χ4n) is 1.70. The predicted molar refractivity (Wildman–Crippen MR) is 65.2 cm³/mol. The molecule has 0 bridgehead atoms. The number of methoxy groups -OCH3 is 1. The van der Waals surface area contributed by atoms with Gasteiger partial charge in [0.25, 0.3) is 0 Å². The van der Waals surface area contributed by atoms with Gasteiger partial charge in [0.05, 0.1) is 13.7 Å². The molecule has 0 radical (unpaired) electrons. The summed E-state index contributed by atoms with van der Waals surface area (Å²) in [5, 5.41) is 0. The Hall–Kier alpha value is -0.900. The highest BCUT2D eigenvalue weighted by Crippen LogP contribution is 2.24. The van der Waals surface area contributed by atoms with Crippen molar-refractivity contribution < 1.29 is 9.57 Å². The largest absolute Gasteiger partial charge is 0.384 e. The normalized spacial score (nSPS) is 11.8. The van der Waals surface area contributed by atoms with Crippen molar-refractivity contribution in [2.45, 2.75) is 25.8 Å². The summed E-state index contributed by atoms with van der Waals surface area (Å²) in [5.41, 5.74) is 5.38. The van der Waals surface area contributed by atoms with E-state index < -0.39 is 0 Å². The number of hydrogen-bond acceptors (Lipinski definition) is 3. The lowest BCUT2D eigenvalue weighted by Crippen LogP contribution is -2.24. The maximum Gasteiger partial charge on any atom is 0.0572 e. The first-order valence-electron chi connectivity index (χ1n) is 5.44. The number of hydrogen-bond donors (Lipinski definition) is 1. The van der Waals surface area contributed by atoms with Crippen LogP contribution in [0.5, 0.6) is 0 Å². The summed E-state index contributed by atoms with van der Waals surface area (Å²) < 4.78 is 5.24. The molecule has 0 heterocycles. The first-order chi connectivity index (χ1) is 7.60. The molecule has 0 spiro atoms. The number of nitrogens with one attached hydrogen (secondary N) is 1. The molecule has 3 nitrogen and oxygen atoms in total. The first kappa shape index (κ1) is 13.2. The molecule has 0 aromatic heterocycles. The van der Waals surface area contributed by atoms with Crippen LogP contribution in [0.1, 0.15) is 25.0 Å². The first-order valence-corrected chi connectivity index (χ1v) is 5.44. The van der Waals surface area contributed by atoms with Gasteiger partial charge in [-0.25, -0.2) is 0 Å². The van der Waals surface area contributed by atoms with E-state index in [2.05, 4.69) is 43.6 Å². The maximum atomic E-state index is 5.24. The highest BCUT2D eigenvalue weighted by molar-refractivity contribution is 5.29. The summed E-state index contributed by atoms with van der Waals surface area (Å²) >= 11 is 0. The molecule has 0 aliphatic heterocycles. The van der Waals surface area contributed by atoms with Crippen molar-refractivity contribution in [1.29, 1.82) is 0 Å². The summed E-state index contributed by atoms with van der Waals surface area (Å²) in [6.45, 7) is 5.79. The van der Waals surface area contributed by atoms with Crippen molar-refractivity contribution in [3.05, 3.63) is 35.4 Å². The second-order valence-electron chi connectivity index (χ2n) is 4.54. The average molecular weight is 223 g/mol. The van der Waals surface area contributed by atoms with Gasteiger partial charge < -0.3 is 9.57 Å². The van der Waals surface area contributed by atoms with Gasteiger partial charge in [0, 0.05) is 19.1 Å². The van der Waals surface area contributed by atoms with Crippen molar-refractivity contribution in [3.63, 3.8) is 0 Å². The molecular weight excluding hydrogens is 202 g/mol. The fraction of sp³-hybridized carbons (Fsp3) is 0.538. The molecule has 0 aliphatic carbocycles. The van der Waals surface area contributed by atoms with Crippen LogP contribution < -0.4 is 5.48 Å². The van der Waals surface area contributed by atoms with Crippen LogP contribution >= 0.6 is 0 Å². The van der Waals surface area contributed by atoms with E-state index in [0.29, 0.717) is 13.2 Å². The predicted octanol–water partition coefficient (Wildman–Crippen LogP) is 2.26. The van der Waals surface area contributed by atoms with Crippen LogP contribution in [0.4, 0.5) is 0 Å². The Morgan fingerprint density at radius 2 is 2.00 bits per heavy atom. The number of rotatable bonds is 6. The zero-order chi connectivity index (χ0) is 12.0. The second-order valence-corrected chi connectivity index (χ2v) is 4.54. The quantitative estimate of drug-likeness (QED) is 0.750. The van der Waals surface area contributed by atoms with Crippen LogP contribution in [-0.4, -0.2) is 20.8 Å². The van der Waals surface area contributed by atoms with Crippen molar-refractivity contribution in [2.75, 3.05) is 20.8 Å². The highest BCUT2D eigenvalue weighted by atomic mass is 16.6. The third kappa shape index (κ3) is 3.59. The molecule has 3 heteroatoms. The fourth-order valence-corrected chi connectivity index (χ4v) is 1.70. The third-order valence-electron chi connectivity index (χ3n) is 2.63. The smallest absolute Gasteiger partial charge is 0.0572 e. The van der Waals surface area contributed by atoms with Crippen LogP contribution in [-0.2, 0) is 21.5 Å². The lowest BCUT2D eigenvalue weighted by Gasteiger charge is -2.24. The minimum absolute atomic E-state index is 0.0395. The van der Waals surface area contributed by atoms with E-state index in [4.69, 9.17) is 9.57 Å². The Morgan fingerprint density at radius 3 is 2.62 bits per heavy atom. The van der Waals surface area contributed by atoms with Gasteiger partial charge in [0.1, 0.15) is 0 Å². The van der Waals surface area contributed by atoms with Gasteiger partial charge in [-0.15, -0.1) is 0 Å². The number of hydroxylamine groups is 1. The Morgan fingerprint density at radius 1 is 1.25 bits per heavy atom. The Balaban J connectivity index is 2.80. The zero-order valence-electron chi connectivity index (χ0n) is 10.5. The summed E-state index contributed by atoms with van der Waals surface area (Å²) in [7, 11) is 3.36. The van der Waals surface area contributed by atoms with E-state index in [-0.39, 0.29) is 5.41 Å². The van der Waals surface area contributed by atoms with Gasteiger partial charge >= 0.3 is 0 Å². The molecule has 90 valence electrons. The standard InChI is InChI=1S/C13H21NO2/c1-13(2,10-15-3)12-7-5-6-11(8-12)9-14-16-4/h5-8,14H,9-10H2,1-4H3. The molecule has 1 aromatic carbocycles. The molecule has 0 fully saturated rings. The second kappa shape index (κ2) is 5.99. The molecule has 0 unspecified atom stereocenters. The molecule has 0 saturated heterocycles. The van der Waals surface area contributed by atoms with Crippen LogP contribution in [0.2, 0.25) is 0 Å². The van der Waals surface area contributed by atoms with Gasteiger partial charge in [-0.1, -0.05) is 38.1 Å². The van der Waals surface area contributed by atoms with E-state index >= 15 is 0 Å². The van der Waals surface area contributed by atoms with Crippen LogP contribution in [0, 0.1) is 0 Å².